The van der Waals surface area contributed by atoms with Crippen molar-refractivity contribution in [3.05, 3.63) is 35.9 Å². The first kappa shape index (κ1) is 12.8. The number of rotatable bonds is 6. The summed E-state index contributed by atoms with van der Waals surface area (Å²) < 4.78 is 12.3. The van der Waals surface area contributed by atoms with Gasteiger partial charge in [-0.05, 0) is 0 Å². The van der Waals surface area contributed by atoms with Crippen LogP contribution in [0.5, 0.6) is 0 Å². The fourth-order valence-corrected chi connectivity index (χ4v) is 2.19. The summed E-state index contributed by atoms with van der Waals surface area (Å²) in [5.74, 6) is -0.497. The topological polar surface area (TPSA) is 69.4 Å². The first-order valence-electron chi connectivity index (χ1n) is 5.33. The van der Waals surface area contributed by atoms with Gasteiger partial charge in [-0.25, -0.2) is 0 Å². The van der Waals surface area contributed by atoms with E-state index in [0.29, 0.717) is 5.56 Å². The van der Waals surface area contributed by atoms with Gasteiger partial charge in [0.2, 0.25) is 0 Å². The van der Waals surface area contributed by atoms with Gasteiger partial charge in [0.25, 0.3) is 0 Å². The van der Waals surface area contributed by atoms with Crippen LogP contribution >= 0.6 is 8.93 Å². The second kappa shape index (κ2) is 7.67. The first-order valence-corrected chi connectivity index (χ1v) is 8.32. The summed E-state index contributed by atoms with van der Waals surface area (Å²) in [6.07, 6.45) is -0.850. The molecule has 0 unspecified atom stereocenters. The first-order chi connectivity index (χ1) is 8.69. The molecule has 1 rings (SSSR count). The zero-order valence-corrected chi connectivity index (χ0v) is 11.9. The van der Waals surface area contributed by atoms with Crippen molar-refractivity contribution < 1.29 is 35.3 Å². The monoisotopic (exact) mass is 368 g/mol. The molecule has 94 valence electrons. The molecule has 0 aromatic heterocycles. The normalized spacial score (nSPS) is 12.9. The van der Waals surface area contributed by atoms with Gasteiger partial charge in [-0.2, -0.15) is 0 Å². The SMILES string of the molecule is [3H][I-]SC(=O)[C@H](OC(=O)CCN)c1ccccc1. The molecule has 0 aliphatic heterocycles. The number of carbonyl (C=O) groups is 2. The minimum absolute atomic E-state index is 0.0806. The minimum atomic E-state index is -0.991. The predicted molar refractivity (Wildman–Crippen MR) is 62.9 cm³/mol. The van der Waals surface area contributed by atoms with Gasteiger partial charge >= 0.3 is 117 Å². The van der Waals surface area contributed by atoms with Crippen molar-refractivity contribution in [1.29, 1.82) is 0.594 Å². The van der Waals surface area contributed by atoms with E-state index in [1.54, 1.807) is 24.3 Å². The molecule has 0 spiro atoms. The van der Waals surface area contributed by atoms with E-state index >= 15 is 0 Å². The fourth-order valence-electron chi connectivity index (χ4n) is 1.23. The zero-order chi connectivity index (χ0) is 13.4. The Morgan fingerprint density at radius 3 is 2.76 bits per heavy atom. The van der Waals surface area contributed by atoms with E-state index in [9.17, 15) is 9.59 Å². The van der Waals surface area contributed by atoms with Crippen LogP contribution < -0.4 is 26.7 Å². The van der Waals surface area contributed by atoms with Gasteiger partial charge < -0.3 is 0 Å². The third kappa shape index (κ3) is 4.64. The molecule has 0 amide bonds. The molecule has 1 aromatic carbocycles. The Bertz CT molecular complexity index is 405. The molecule has 0 saturated carbocycles. The maximum atomic E-state index is 11.8. The second-order valence-electron chi connectivity index (χ2n) is 3.22. The van der Waals surface area contributed by atoms with Crippen molar-refractivity contribution in [2.45, 2.75) is 12.5 Å². The summed E-state index contributed by atoms with van der Waals surface area (Å²) in [6, 6.07) is 8.80. The van der Waals surface area contributed by atoms with Gasteiger partial charge in [-0.3, -0.25) is 0 Å². The molecule has 0 bridgehead atoms. The van der Waals surface area contributed by atoms with Crippen molar-refractivity contribution in [1.82, 2.24) is 0 Å². The summed E-state index contributed by atoms with van der Waals surface area (Å²) in [6.45, 7) is 0.188. The van der Waals surface area contributed by atoms with E-state index in [-0.39, 0.29) is 18.1 Å². The van der Waals surface area contributed by atoms with Gasteiger partial charge in [0.05, 0.1) is 0 Å². The average molecular weight is 368 g/mol. The predicted octanol–water partition coefficient (Wildman–Crippen LogP) is -1.92. The van der Waals surface area contributed by atoms with Crippen molar-refractivity contribution in [3.63, 3.8) is 0 Å². The molecule has 0 aliphatic rings. The van der Waals surface area contributed by atoms with Crippen molar-refractivity contribution in [3.8, 4) is 0 Å². The Kier molecular flexibility index (Phi) is 5.80. The van der Waals surface area contributed by atoms with Crippen molar-refractivity contribution in [2.75, 3.05) is 6.54 Å². The molecule has 0 heterocycles. The van der Waals surface area contributed by atoms with E-state index in [1.807, 2.05) is 6.07 Å². The third-order valence-electron chi connectivity index (χ3n) is 1.99. The molecule has 6 heteroatoms. The molecular weight excluding hydrogens is 353 g/mol. The third-order valence-corrected chi connectivity index (χ3v) is 3.66. The molecule has 0 saturated heterocycles. The quantitative estimate of drug-likeness (QED) is 0.469. The van der Waals surface area contributed by atoms with Crippen LogP contribution in [0.1, 0.15) is 18.1 Å². The van der Waals surface area contributed by atoms with E-state index in [2.05, 4.69) is 0 Å². The van der Waals surface area contributed by atoms with Crippen molar-refractivity contribution in [2.24, 2.45) is 5.73 Å². The molecule has 17 heavy (non-hydrogen) atoms. The zero-order valence-electron chi connectivity index (χ0n) is 9.97. The van der Waals surface area contributed by atoms with Crippen LogP contribution in [0.3, 0.4) is 0 Å². The van der Waals surface area contributed by atoms with E-state index in [4.69, 9.17) is 11.1 Å². The molecule has 2 N–H and O–H groups in total. The Balaban J connectivity index is 2.82. The Labute approximate surface area is 116 Å². The molecule has 1 aromatic rings. The number of halogens is 1. The summed E-state index contributed by atoms with van der Waals surface area (Å²) in [5.41, 5.74) is 5.89. The molecule has 4 nitrogen and oxygen atoms in total. The van der Waals surface area contributed by atoms with Crippen molar-refractivity contribution >= 4 is 20.0 Å². The number of carbonyl (C=O) groups excluding carboxylic acids is 2. The number of ether oxygens (including phenoxy) is 1. The Morgan fingerprint density at radius 1 is 1.47 bits per heavy atom. The Morgan fingerprint density at radius 2 is 2.18 bits per heavy atom. The molecule has 0 fully saturated rings. The molecule has 0 aliphatic carbocycles. The van der Waals surface area contributed by atoms with Crippen LogP contribution in [0.15, 0.2) is 30.3 Å². The number of esters is 1. The van der Waals surface area contributed by atoms with Crippen LogP contribution in [-0.2, 0) is 14.3 Å². The summed E-state index contributed by atoms with van der Waals surface area (Å²) in [5, 5.41) is -0.297. The van der Waals surface area contributed by atoms with Gasteiger partial charge in [-0.15, -0.1) is 0 Å². The molecule has 1 atom stereocenters. The van der Waals surface area contributed by atoms with E-state index in [1.165, 1.54) is 0 Å². The van der Waals surface area contributed by atoms with Gasteiger partial charge in [0, 0.05) is 0 Å². The van der Waals surface area contributed by atoms with Crippen LogP contribution in [0.4, 0.5) is 0 Å². The summed E-state index contributed by atoms with van der Waals surface area (Å²) >= 11 is -0.991. The van der Waals surface area contributed by atoms with Crippen LogP contribution in [0.2, 0.25) is 0 Å². The summed E-state index contributed by atoms with van der Waals surface area (Å²) in [7, 11) is 0.924. The number of nitrogens with two attached hydrogens (primary N) is 1. The Hall–Kier alpha value is -0.600. The van der Waals surface area contributed by atoms with Gasteiger partial charge in [-0.1, -0.05) is 0 Å². The fraction of sp³-hybridized carbons (Fsp3) is 0.273. The van der Waals surface area contributed by atoms with E-state index in [0.717, 1.165) is 8.93 Å². The maximum absolute atomic E-state index is 11.8. The second-order valence-corrected chi connectivity index (χ2v) is 5.09. The number of benzene rings is 1. The van der Waals surface area contributed by atoms with Crippen LogP contribution in [-0.4, -0.2) is 18.2 Å². The summed E-state index contributed by atoms with van der Waals surface area (Å²) in [4.78, 5) is 23.3. The van der Waals surface area contributed by atoms with Gasteiger partial charge in [0.15, 0.2) is 0 Å². The van der Waals surface area contributed by atoms with Crippen LogP contribution in [0.25, 0.3) is 0 Å². The number of hydrogen-bond acceptors (Lipinski definition) is 5. The standard InChI is InChI=1S/C11H13INO3S/c12-17-11(15)10(16-9(14)6-7-13)8-4-2-1-3-5-8/h1-5,10,12H,6-7,13H2/q-1/t10-/m1/s1/i12T. The van der Waals surface area contributed by atoms with Gasteiger partial charge in [0.1, 0.15) is 0 Å². The van der Waals surface area contributed by atoms with E-state index < -0.39 is 33.1 Å². The molecular formula is C11H13INO3S-. The average Bonchev–Trinajstić information content (AvgIpc) is 2.37. The van der Waals surface area contributed by atoms with Crippen LogP contribution in [0, 0.1) is 0 Å². The number of hydrogen-bond donors (Lipinski definition) is 1. The molecule has 0 radical (unpaired) electrons.